The quantitative estimate of drug-likeness (QED) is 0.412. The Balaban J connectivity index is 1.22. The zero-order valence-corrected chi connectivity index (χ0v) is 18.8. The largest absolute Gasteiger partial charge is 0.490 e. The minimum atomic E-state index is -4.38. The van der Waals surface area contributed by atoms with E-state index in [-0.39, 0.29) is 23.5 Å². The van der Waals surface area contributed by atoms with E-state index in [9.17, 15) is 22.8 Å². The molecule has 1 saturated carbocycles. The van der Waals surface area contributed by atoms with E-state index in [1.165, 1.54) is 29.2 Å². The number of halogens is 3. The average Bonchev–Trinajstić information content (AvgIpc) is 3.48. The van der Waals surface area contributed by atoms with E-state index in [0.717, 1.165) is 44.0 Å². The summed E-state index contributed by atoms with van der Waals surface area (Å²) >= 11 is 0. The minimum Gasteiger partial charge on any atom is -0.490 e. The molecule has 188 valence electrons. The summed E-state index contributed by atoms with van der Waals surface area (Å²) in [4.78, 5) is 30.8. The summed E-state index contributed by atoms with van der Waals surface area (Å²) < 4.78 is 46.8. The molecule has 1 aliphatic rings. The van der Waals surface area contributed by atoms with Crippen LogP contribution in [-0.4, -0.2) is 46.7 Å². The van der Waals surface area contributed by atoms with E-state index >= 15 is 0 Å². The molecule has 2 N–H and O–H groups in total. The van der Waals surface area contributed by atoms with E-state index in [4.69, 9.17) is 9.84 Å². The average molecular weight is 502 g/mol. The molecule has 0 saturated heterocycles. The molecule has 0 atom stereocenters. The number of aromatic nitrogens is 6. The molecular formula is C23H21F3N6O4. The Kier molecular flexibility index (Phi) is 5.98. The number of carbonyl (C=O) groups is 1. The Labute approximate surface area is 201 Å². The van der Waals surface area contributed by atoms with Gasteiger partial charge < -0.3 is 9.84 Å². The molecule has 10 nitrogen and oxygen atoms in total. The van der Waals surface area contributed by atoms with Crippen molar-refractivity contribution in [2.75, 3.05) is 0 Å². The van der Waals surface area contributed by atoms with Crippen molar-refractivity contribution < 1.29 is 27.8 Å². The van der Waals surface area contributed by atoms with Crippen molar-refractivity contribution in [3.63, 3.8) is 0 Å². The lowest BCUT2D eigenvalue weighted by atomic mass is 9.87. The van der Waals surface area contributed by atoms with Gasteiger partial charge in [0.05, 0.1) is 29.6 Å². The van der Waals surface area contributed by atoms with Gasteiger partial charge in [-0.1, -0.05) is 0 Å². The van der Waals surface area contributed by atoms with Gasteiger partial charge in [-0.2, -0.15) is 23.4 Å². The summed E-state index contributed by atoms with van der Waals surface area (Å²) in [5.41, 5.74) is -0.491. The van der Waals surface area contributed by atoms with Gasteiger partial charge in [-0.25, -0.2) is 14.5 Å². The van der Waals surface area contributed by atoms with Gasteiger partial charge in [-0.15, -0.1) is 0 Å². The van der Waals surface area contributed by atoms with Gasteiger partial charge in [0.1, 0.15) is 11.3 Å². The number of aromatic amines is 1. The van der Waals surface area contributed by atoms with Crippen LogP contribution >= 0.6 is 0 Å². The maximum absolute atomic E-state index is 12.8. The highest BCUT2D eigenvalue weighted by molar-refractivity contribution is 5.87. The van der Waals surface area contributed by atoms with Crippen LogP contribution < -0.4 is 10.3 Å². The number of ether oxygens (including phenoxy) is 1. The lowest BCUT2D eigenvalue weighted by molar-refractivity contribution is -0.137. The Bertz CT molecular complexity index is 1450. The van der Waals surface area contributed by atoms with Crippen molar-refractivity contribution in [2.24, 2.45) is 5.92 Å². The maximum atomic E-state index is 12.8. The Morgan fingerprint density at radius 1 is 1.11 bits per heavy atom. The molecule has 1 aliphatic carbocycles. The van der Waals surface area contributed by atoms with Gasteiger partial charge in [0.2, 0.25) is 5.95 Å². The molecule has 3 heterocycles. The van der Waals surface area contributed by atoms with Gasteiger partial charge >= 0.3 is 12.1 Å². The van der Waals surface area contributed by atoms with Crippen molar-refractivity contribution in [3.8, 4) is 11.7 Å². The van der Waals surface area contributed by atoms with Crippen molar-refractivity contribution in [2.45, 2.75) is 44.5 Å². The van der Waals surface area contributed by atoms with Crippen LogP contribution in [0.25, 0.3) is 17.0 Å². The van der Waals surface area contributed by atoms with Crippen molar-refractivity contribution in [3.05, 3.63) is 64.3 Å². The monoisotopic (exact) mass is 502 g/mol. The lowest BCUT2D eigenvalue weighted by Crippen LogP contribution is -2.27. The second-order valence-electron chi connectivity index (χ2n) is 8.71. The zero-order chi connectivity index (χ0) is 25.4. The molecule has 4 aromatic rings. The third-order valence-corrected chi connectivity index (χ3v) is 6.24. The molecule has 1 fully saturated rings. The summed E-state index contributed by atoms with van der Waals surface area (Å²) in [5.74, 6) is -0.410. The Morgan fingerprint density at radius 2 is 1.83 bits per heavy atom. The zero-order valence-electron chi connectivity index (χ0n) is 18.8. The summed E-state index contributed by atoms with van der Waals surface area (Å²) in [5, 5.41) is 17.3. The first-order valence-electron chi connectivity index (χ1n) is 11.3. The highest BCUT2D eigenvalue weighted by Crippen LogP contribution is 2.32. The predicted molar refractivity (Wildman–Crippen MR) is 120 cm³/mol. The number of nitrogens with zero attached hydrogens (tertiary/aromatic N) is 5. The number of aromatic carboxylic acids is 1. The number of H-pyrrole nitrogens is 1. The second kappa shape index (κ2) is 9.13. The minimum absolute atomic E-state index is 0.0358. The molecular weight excluding hydrogens is 481 g/mol. The lowest BCUT2D eigenvalue weighted by Gasteiger charge is -2.29. The number of hydrogen-bond donors (Lipinski definition) is 2. The summed E-state index contributed by atoms with van der Waals surface area (Å²) in [6, 6.07) is 4.70. The third-order valence-electron chi connectivity index (χ3n) is 6.24. The van der Waals surface area contributed by atoms with Crippen LogP contribution in [0, 0.1) is 5.92 Å². The topological polar surface area (TPSA) is 128 Å². The predicted octanol–water partition coefficient (Wildman–Crippen LogP) is 3.66. The number of benzene rings is 1. The molecule has 0 bridgehead atoms. The number of alkyl halides is 3. The van der Waals surface area contributed by atoms with Crippen molar-refractivity contribution in [1.29, 1.82) is 0 Å². The number of carboxylic acids is 1. The van der Waals surface area contributed by atoms with E-state index in [0.29, 0.717) is 23.3 Å². The number of nitrogens with one attached hydrogen (secondary N) is 1. The van der Waals surface area contributed by atoms with E-state index in [1.54, 1.807) is 4.68 Å². The number of carboxylic acid groups (broad SMARTS) is 1. The fraction of sp³-hybridized carbons (Fsp3) is 0.348. The van der Waals surface area contributed by atoms with Crippen LogP contribution in [0.2, 0.25) is 0 Å². The fourth-order valence-corrected chi connectivity index (χ4v) is 4.38. The van der Waals surface area contributed by atoms with Crippen molar-refractivity contribution >= 4 is 17.0 Å². The van der Waals surface area contributed by atoms with Crippen LogP contribution in [0.3, 0.4) is 0 Å². The number of rotatable bonds is 6. The summed E-state index contributed by atoms with van der Waals surface area (Å²) in [7, 11) is 0. The van der Waals surface area contributed by atoms with Crippen LogP contribution in [-0.2, 0) is 12.7 Å². The fourth-order valence-electron chi connectivity index (χ4n) is 4.38. The highest BCUT2D eigenvalue weighted by Gasteiger charge is 2.30. The SMILES string of the molecule is O=C(O)c1cnn(-c2nc3cnn(CC4CCC(Oc5ccc(C(F)(F)F)cc5)CC4)c3c(=O)[nH]2)c1. The molecule has 0 radical (unpaired) electrons. The molecule has 1 aromatic carbocycles. The van der Waals surface area contributed by atoms with Gasteiger partial charge in [0.15, 0.2) is 5.52 Å². The van der Waals surface area contributed by atoms with Gasteiger partial charge in [-0.05, 0) is 55.9 Å². The third kappa shape index (κ3) is 4.81. The second-order valence-corrected chi connectivity index (χ2v) is 8.71. The van der Waals surface area contributed by atoms with Gasteiger partial charge in [0, 0.05) is 12.7 Å². The first-order valence-corrected chi connectivity index (χ1v) is 11.3. The normalized spacial score (nSPS) is 18.4. The molecule has 5 rings (SSSR count). The first kappa shape index (κ1) is 23.6. The molecule has 0 unspecified atom stereocenters. The molecule has 0 amide bonds. The van der Waals surface area contributed by atoms with Crippen LogP contribution in [0.5, 0.6) is 5.75 Å². The van der Waals surface area contributed by atoms with Crippen LogP contribution in [0.1, 0.15) is 41.6 Å². The first-order chi connectivity index (χ1) is 17.2. The van der Waals surface area contributed by atoms with Gasteiger partial charge in [-0.3, -0.25) is 14.5 Å². The molecule has 0 aliphatic heterocycles. The molecule has 3 aromatic heterocycles. The van der Waals surface area contributed by atoms with Crippen LogP contribution in [0.4, 0.5) is 13.2 Å². The number of hydrogen-bond acceptors (Lipinski definition) is 6. The summed E-state index contributed by atoms with van der Waals surface area (Å²) in [6.07, 6.45) is 2.50. The van der Waals surface area contributed by atoms with E-state index in [2.05, 4.69) is 20.2 Å². The van der Waals surface area contributed by atoms with Crippen molar-refractivity contribution in [1.82, 2.24) is 29.5 Å². The maximum Gasteiger partial charge on any atom is 0.416 e. The van der Waals surface area contributed by atoms with Gasteiger partial charge in [0.25, 0.3) is 5.56 Å². The molecule has 13 heteroatoms. The molecule has 36 heavy (non-hydrogen) atoms. The van der Waals surface area contributed by atoms with E-state index < -0.39 is 23.3 Å². The highest BCUT2D eigenvalue weighted by atomic mass is 19.4. The number of fused-ring (bicyclic) bond motifs is 1. The van der Waals surface area contributed by atoms with E-state index in [1.807, 2.05) is 0 Å². The smallest absolute Gasteiger partial charge is 0.416 e. The molecule has 0 spiro atoms. The standard InChI is InChI=1S/C23H21F3N6O4/c24-23(25,26)15-3-7-17(8-4-15)36-16-5-1-13(2-6-16)11-31-19-18(10-28-31)29-22(30-20(19)33)32-12-14(9-27-32)21(34)35/h3-4,7-10,12-13,16H,1-2,5-6,11H2,(H,34,35)(H,29,30,33). The van der Waals surface area contributed by atoms with Crippen LogP contribution in [0.15, 0.2) is 47.7 Å². The Morgan fingerprint density at radius 3 is 2.47 bits per heavy atom. The summed E-state index contributed by atoms with van der Waals surface area (Å²) in [6.45, 7) is 0.505. The Hall–Kier alpha value is -4.16.